The first-order valence-corrected chi connectivity index (χ1v) is 5.45. The highest BCUT2D eigenvalue weighted by atomic mass is 32.1. The fourth-order valence-corrected chi connectivity index (χ4v) is 2.91. The van der Waals surface area contributed by atoms with E-state index in [1.54, 1.807) is 0 Å². The van der Waals surface area contributed by atoms with Gasteiger partial charge in [0.05, 0.1) is 0 Å². The zero-order valence-corrected chi connectivity index (χ0v) is 8.61. The fraction of sp³-hybridized carbons (Fsp3) is 1.00. The third-order valence-electron chi connectivity index (χ3n) is 3.10. The maximum Gasteiger partial charge on any atom is 0.00192 e. The Balaban J connectivity index is 2.40. The quantitative estimate of drug-likeness (QED) is 0.619. The smallest absolute Gasteiger partial charge is 0.00192 e. The Morgan fingerprint density at radius 3 is 2.27 bits per heavy atom. The standard InChI is InChI=1S/C10H20S/c1-3-10(8(2)11)9-6-4-5-7-9/h8-11H,3-7H2,1-2H3. The predicted octanol–water partition coefficient (Wildman–Crippen LogP) is 3.52. The molecule has 1 fully saturated rings. The van der Waals surface area contributed by atoms with Gasteiger partial charge in [-0.2, -0.15) is 12.6 Å². The zero-order chi connectivity index (χ0) is 8.27. The molecule has 1 rings (SSSR count). The van der Waals surface area contributed by atoms with Crippen molar-refractivity contribution in [3.8, 4) is 0 Å². The van der Waals surface area contributed by atoms with Crippen molar-refractivity contribution in [3.05, 3.63) is 0 Å². The fourth-order valence-electron chi connectivity index (χ4n) is 2.45. The third kappa shape index (κ3) is 2.40. The number of hydrogen-bond donors (Lipinski definition) is 1. The molecule has 0 radical (unpaired) electrons. The van der Waals surface area contributed by atoms with Gasteiger partial charge in [0.15, 0.2) is 0 Å². The summed E-state index contributed by atoms with van der Waals surface area (Å²) in [7, 11) is 0. The normalized spacial score (nSPS) is 25.4. The van der Waals surface area contributed by atoms with E-state index in [1.807, 2.05) is 0 Å². The van der Waals surface area contributed by atoms with Crippen LogP contribution in [0.4, 0.5) is 0 Å². The highest BCUT2D eigenvalue weighted by Crippen LogP contribution is 2.36. The van der Waals surface area contributed by atoms with Gasteiger partial charge in [0, 0.05) is 5.25 Å². The molecule has 0 saturated heterocycles. The largest absolute Gasteiger partial charge is 0.176 e. The molecule has 0 aromatic rings. The van der Waals surface area contributed by atoms with Crippen molar-refractivity contribution >= 4 is 12.6 Å². The lowest BCUT2D eigenvalue weighted by molar-refractivity contribution is 0.328. The third-order valence-corrected chi connectivity index (χ3v) is 3.48. The van der Waals surface area contributed by atoms with Crippen LogP contribution in [0.5, 0.6) is 0 Å². The highest BCUT2D eigenvalue weighted by molar-refractivity contribution is 7.80. The molecule has 2 atom stereocenters. The molecule has 66 valence electrons. The minimum absolute atomic E-state index is 0.600. The first-order valence-electron chi connectivity index (χ1n) is 4.93. The number of hydrogen-bond acceptors (Lipinski definition) is 1. The van der Waals surface area contributed by atoms with Crippen LogP contribution in [0.2, 0.25) is 0 Å². The van der Waals surface area contributed by atoms with Crippen LogP contribution in [-0.4, -0.2) is 5.25 Å². The van der Waals surface area contributed by atoms with Gasteiger partial charge in [0.1, 0.15) is 0 Å². The SMILES string of the molecule is CCC(C(C)S)C1CCCC1. The van der Waals surface area contributed by atoms with E-state index < -0.39 is 0 Å². The molecule has 0 aliphatic heterocycles. The lowest BCUT2D eigenvalue weighted by Gasteiger charge is -2.24. The van der Waals surface area contributed by atoms with E-state index >= 15 is 0 Å². The molecule has 0 N–H and O–H groups in total. The van der Waals surface area contributed by atoms with Crippen molar-refractivity contribution in [2.45, 2.75) is 51.2 Å². The summed E-state index contributed by atoms with van der Waals surface area (Å²) in [5, 5.41) is 0.600. The Morgan fingerprint density at radius 1 is 1.36 bits per heavy atom. The van der Waals surface area contributed by atoms with Crippen molar-refractivity contribution in [1.29, 1.82) is 0 Å². The Bertz CT molecular complexity index is 103. The summed E-state index contributed by atoms with van der Waals surface area (Å²) in [6.45, 7) is 4.55. The monoisotopic (exact) mass is 172 g/mol. The van der Waals surface area contributed by atoms with Crippen LogP contribution < -0.4 is 0 Å². The summed E-state index contributed by atoms with van der Waals surface area (Å²) in [4.78, 5) is 0. The number of rotatable bonds is 3. The van der Waals surface area contributed by atoms with Gasteiger partial charge in [-0.25, -0.2) is 0 Å². The van der Waals surface area contributed by atoms with E-state index in [9.17, 15) is 0 Å². The van der Waals surface area contributed by atoms with E-state index in [2.05, 4.69) is 26.5 Å². The maximum absolute atomic E-state index is 4.55. The van der Waals surface area contributed by atoms with E-state index in [0.29, 0.717) is 5.25 Å². The summed E-state index contributed by atoms with van der Waals surface area (Å²) in [6, 6.07) is 0. The molecule has 0 bridgehead atoms. The molecule has 1 aliphatic rings. The molecule has 1 aliphatic carbocycles. The summed E-state index contributed by atoms with van der Waals surface area (Å²) in [5.41, 5.74) is 0. The van der Waals surface area contributed by atoms with E-state index in [-0.39, 0.29) is 0 Å². The predicted molar refractivity (Wildman–Crippen MR) is 54.2 cm³/mol. The average molecular weight is 172 g/mol. The minimum atomic E-state index is 0.600. The molecule has 0 amide bonds. The number of thiol groups is 1. The van der Waals surface area contributed by atoms with Crippen LogP contribution in [0.1, 0.15) is 46.0 Å². The second-order valence-corrected chi connectivity index (χ2v) is 4.67. The summed E-state index contributed by atoms with van der Waals surface area (Å²) >= 11 is 4.55. The van der Waals surface area contributed by atoms with Crippen molar-refractivity contribution in [2.24, 2.45) is 11.8 Å². The lowest BCUT2D eigenvalue weighted by atomic mass is 9.86. The molecule has 0 spiro atoms. The van der Waals surface area contributed by atoms with Gasteiger partial charge >= 0.3 is 0 Å². The minimum Gasteiger partial charge on any atom is -0.176 e. The van der Waals surface area contributed by atoms with Gasteiger partial charge in [0.2, 0.25) is 0 Å². The second kappa shape index (κ2) is 4.39. The zero-order valence-electron chi connectivity index (χ0n) is 7.71. The molecule has 0 nitrogen and oxygen atoms in total. The maximum atomic E-state index is 4.55. The molecule has 0 aromatic carbocycles. The van der Waals surface area contributed by atoms with Crippen molar-refractivity contribution in [2.75, 3.05) is 0 Å². The molecular formula is C10H20S. The Morgan fingerprint density at radius 2 is 1.91 bits per heavy atom. The van der Waals surface area contributed by atoms with Crippen molar-refractivity contribution in [3.63, 3.8) is 0 Å². The Hall–Kier alpha value is 0.350. The van der Waals surface area contributed by atoms with Gasteiger partial charge in [-0.05, 0) is 11.8 Å². The van der Waals surface area contributed by atoms with E-state index in [4.69, 9.17) is 0 Å². The first-order chi connectivity index (χ1) is 5.25. The van der Waals surface area contributed by atoms with Gasteiger partial charge in [-0.1, -0.05) is 46.0 Å². The first kappa shape index (κ1) is 9.44. The average Bonchev–Trinajstić information content (AvgIpc) is 2.40. The molecule has 1 saturated carbocycles. The second-order valence-electron chi connectivity index (χ2n) is 3.86. The van der Waals surface area contributed by atoms with E-state index in [1.165, 1.54) is 32.1 Å². The summed E-state index contributed by atoms with van der Waals surface area (Å²) in [6.07, 6.45) is 7.16. The molecule has 2 unspecified atom stereocenters. The van der Waals surface area contributed by atoms with Crippen LogP contribution >= 0.6 is 12.6 Å². The van der Waals surface area contributed by atoms with Crippen LogP contribution in [0.3, 0.4) is 0 Å². The molecule has 1 heteroatoms. The van der Waals surface area contributed by atoms with Crippen LogP contribution in [0.25, 0.3) is 0 Å². The lowest BCUT2D eigenvalue weighted by Crippen LogP contribution is -2.19. The van der Waals surface area contributed by atoms with Gasteiger partial charge in [-0.3, -0.25) is 0 Å². The summed E-state index contributed by atoms with van der Waals surface area (Å²) < 4.78 is 0. The summed E-state index contributed by atoms with van der Waals surface area (Å²) in [5.74, 6) is 1.87. The van der Waals surface area contributed by atoms with Crippen LogP contribution in [-0.2, 0) is 0 Å². The Kier molecular flexibility index (Phi) is 3.77. The van der Waals surface area contributed by atoms with Gasteiger partial charge in [0.25, 0.3) is 0 Å². The topological polar surface area (TPSA) is 0 Å². The van der Waals surface area contributed by atoms with Crippen molar-refractivity contribution < 1.29 is 0 Å². The van der Waals surface area contributed by atoms with E-state index in [0.717, 1.165) is 11.8 Å². The van der Waals surface area contributed by atoms with Gasteiger partial charge < -0.3 is 0 Å². The molecule has 0 heterocycles. The molecule has 11 heavy (non-hydrogen) atoms. The molecular weight excluding hydrogens is 152 g/mol. The molecule has 0 aromatic heterocycles. The van der Waals surface area contributed by atoms with Crippen LogP contribution in [0.15, 0.2) is 0 Å². The highest BCUT2D eigenvalue weighted by Gasteiger charge is 2.25. The van der Waals surface area contributed by atoms with Gasteiger partial charge in [-0.15, -0.1) is 0 Å². The Labute approximate surface area is 76.2 Å². The van der Waals surface area contributed by atoms with Crippen molar-refractivity contribution in [1.82, 2.24) is 0 Å². The van der Waals surface area contributed by atoms with Crippen LogP contribution in [0, 0.1) is 11.8 Å².